The average molecular weight is 577 g/mol. The summed E-state index contributed by atoms with van der Waals surface area (Å²) in [5, 5.41) is 11.9. The number of piperidine rings is 1. The van der Waals surface area contributed by atoms with Crippen LogP contribution < -0.4 is 21.3 Å². The van der Waals surface area contributed by atoms with Crippen molar-refractivity contribution in [3.8, 4) is 0 Å². The van der Waals surface area contributed by atoms with Crippen molar-refractivity contribution in [2.75, 3.05) is 6.54 Å². The molecule has 10 heteroatoms. The molecule has 9 nitrogen and oxygen atoms in total. The summed E-state index contributed by atoms with van der Waals surface area (Å²) in [6.07, 6.45) is 1.43. The fraction of sp³-hybridized carbons (Fsp3) is 0.387. The van der Waals surface area contributed by atoms with Crippen molar-refractivity contribution in [1.82, 2.24) is 21.3 Å². The summed E-state index contributed by atoms with van der Waals surface area (Å²) in [6.45, 7) is 5.80. The van der Waals surface area contributed by atoms with E-state index in [1.54, 1.807) is 26.8 Å². The smallest absolute Gasteiger partial charge is 0.290 e. The predicted molar refractivity (Wildman–Crippen MR) is 158 cm³/mol. The molecule has 0 spiro atoms. The van der Waals surface area contributed by atoms with Gasteiger partial charge in [0.2, 0.25) is 17.6 Å². The molecule has 1 saturated heterocycles. The molecule has 1 aliphatic heterocycles. The van der Waals surface area contributed by atoms with Gasteiger partial charge in [0.25, 0.3) is 11.8 Å². The lowest BCUT2D eigenvalue weighted by molar-refractivity contribution is -0.142. The van der Waals surface area contributed by atoms with E-state index in [1.165, 1.54) is 11.3 Å². The highest BCUT2D eigenvalue weighted by Crippen LogP contribution is 2.25. The first-order valence-electron chi connectivity index (χ1n) is 13.8. The maximum atomic E-state index is 13.7. The number of fused-ring (bicyclic) bond motifs is 1. The SMILES string of the molecule is CC(C)(C)NC(=O)C(=O)C(C[C@@H]1CCCNC1=O)NC(=O)[C@H](Cc1ccccc1)NC(=O)c1cc2ccccc2s1. The van der Waals surface area contributed by atoms with Gasteiger partial charge in [-0.1, -0.05) is 48.5 Å². The summed E-state index contributed by atoms with van der Waals surface area (Å²) in [6, 6.07) is 16.3. The molecule has 0 saturated carbocycles. The minimum absolute atomic E-state index is 0.0176. The van der Waals surface area contributed by atoms with E-state index >= 15 is 0 Å². The largest absolute Gasteiger partial charge is 0.356 e. The Labute approximate surface area is 243 Å². The summed E-state index contributed by atoms with van der Waals surface area (Å²) in [7, 11) is 0. The van der Waals surface area contributed by atoms with Gasteiger partial charge in [0.05, 0.1) is 10.9 Å². The molecule has 0 radical (unpaired) electrons. The molecule has 41 heavy (non-hydrogen) atoms. The maximum Gasteiger partial charge on any atom is 0.290 e. The number of Topliss-reactive ketones (excluding diaryl/α,β-unsaturated/α-hetero) is 1. The first-order chi connectivity index (χ1) is 19.5. The fourth-order valence-corrected chi connectivity index (χ4v) is 5.76. The van der Waals surface area contributed by atoms with Gasteiger partial charge in [0.15, 0.2) is 0 Å². The Balaban J connectivity index is 1.57. The highest BCUT2D eigenvalue weighted by molar-refractivity contribution is 7.20. The van der Waals surface area contributed by atoms with E-state index in [1.807, 2.05) is 54.6 Å². The minimum Gasteiger partial charge on any atom is -0.356 e. The van der Waals surface area contributed by atoms with Crippen LogP contribution in [0.15, 0.2) is 60.7 Å². The highest BCUT2D eigenvalue weighted by atomic mass is 32.1. The topological polar surface area (TPSA) is 133 Å². The molecular weight excluding hydrogens is 540 g/mol. The molecule has 0 bridgehead atoms. The van der Waals surface area contributed by atoms with Crippen molar-refractivity contribution in [2.45, 2.75) is 64.1 Å². The van der Waals surface area contributed by atoms with E-state index in [-0.39, 0.29) is 18.7 Å². The van der Waals surface area contributed by atoms with Gasteiger partial charge in [-0.3, -0.25) is 24.0 Å². The number of carbonyl (C=O) groups excluding carboxylic acids is 5. The first-order valence-corrected chi connectivity index (χ1v) is 14.6. The Morgan fingerprint density at radius 1 is 0.976 bits per heavy atom. The van der Waals surface area contributed by atoms with Crippen LogP contribution in [0.2, 0.25) is 0 Å². The molecule has 1 fully saturated rings. The predicted octanol–water partition coefficient (Wildman–Crippen LogP) is 3.13. The average Bonchev–Trinajstić information content (AvgIpc) is 3.37. The monoisotopic (exact) mass is 576 g/mol. The molecule has 216 valence electrons. The van der Waals surface area contributed by atoms with Crippen LogP contribution in [0.5, 0.6) is 0 Å². The van der Waals surface area contributed by atoms with Crippen LogP contribution in [0.1, 0.15) is 55.3 Å². The number of thiophene rings is 1. The number of carbonyl (C=O) groups is 5. The molecule has 1 aliphatic rings. The van der Waals surface area contributed by atoms with E-state index in [4.69, 9.17) is 0 Å². The van der Waals surface area contributed by atoms with Crippen LogP contribution in [0.25, 0.3) is 10.1 Å². The van der Waals surface area contributed by atoms with Crippen molar-refractivity contribution in [3.63, 3.8) is 0 Å². The number of amides is 4. The van der Waals surface area contributed by atoms with Crippen molar-refractivity contribution in [2.24, 2.45) is 5.92 Å². The number of hydrogen-bond acceptors (Lipinski definition) is 6. The summed E-state index contributed by atoms with van der Waals surface area (Å²) < 4.78 is 0.947. The van der Waals surface area contributed by atoms with E-state index in [9.17, 15) is 24.0 Å². The van der Waals surface area contributed by atoms with Crippen LogP contribution in [0, 0.1) is 5.92 Å². The summed E-state index contributed by atoms with van der Waals surface area (Å²) in [5.74, 6) is -3.43. The lowest BCUT2D eigenvalue weighted by Crippen LogP contribution is -2.57. The summed E-state index contributed by atoms with van der Waals surface area (Å²) in [4.78, 5) is 66.1. The van der Waals surface area contributed by atoms with E-state index in [2.05, 4.69) is 21.3 Å². The Hall–Kier alpha value is -4.05. The van der Waals surface area contributed by atoms with Gasteiger partial charge in [-0.05, 0) is 63.1 Å². The molecule has 4 rings (SSSR count). The number of nitrogens with one attached hydrogen (secondary N) is 4. The molecule has 1 unspecified atom stereocenters. The molecule has 2 heterocycles. The van der Waals surface area contributed by atoms with Gasteiger partial charge in [-0.15, -0.1) is 11.3 Å². The van der Waals surface area contributed by atoms with Crippen LogP contribution in [0.4, 0.5) is 0 Å². The number of hydrogen-bond donors (Lipinski definition) is 4. The van der Waals surface area contributed by atoms with E-state index in [0.717, 1.165) is 22.1 Å². The Bertz CT molecular complexity index is 1400. The van der Waals surface area contributed by atoms with E-state index < -0.39 is 47.0 Å². The Morgan fingerprint density at radius 3 is 2.37 bits per heavy atom. The third-order valence-electron chi connectivity index (χ3n) is 6.82. The Kier molecular flexibility index (Phi) is 9.54. The van der Waals surface area contributed by atoms with Crippen molar-refractivity contribution >= 4 is 50.8 Å². The molecule has 0 aliphatic carbocycles. The lowest BCUT2D eigenvalue weighted by atomic mass is 9.89. The second-order valence-corrected chi connectivity index (χ2v) is 12.4. The second-order valence-electron chi connectivity index (χ2n) is 11.4. The van der Waals surface area contributed by atoms with E-state index in [0.29, 0.717) is 17.8 Å². The zero-order chi connectivity index (χ0) is 29.6. The molecule has 2 aromatic carbocycles. The molecule has 4 amide bonds. The molecular formula is C31H36N4O5S. The van der Waals surface area contributed by atoms with Gasteiger partial charge in [-0.2, -0.15) is 0 Å². The standard InChI is InChI=1S/C31H36N4O5S/c1-31(2,3)35-30(40)26(36)22(17-21-13-9-15-32-27(21)37)33-28(38)23(16-19-10-5-4-6-11-19)34-29(39)25-18-20-12-7-8-14-24(20)41-25/h4-8,10-12,14,18,21-23H,9,13,15-17H2,1-3H3,(H,32,37)(H,33,38)(H,34,39)(H,35,40)/t21-,22?,23-/m0/s1. The third kappa shape index (κ3) is 8.23. The van der Waals surface area contributed by atoms with Crippen LogP contribution in [-0.2, 0) is 25.6 Å². The van der Waals surface area contributed by atoms with Gasteiger partial charge in [-0.25, -0.2) is 0 Å². The normalized spacial score (nSPS) is 16.8. The van der Waals surface area contributed by atoms with Gasteiger partial charge >= 0.3 is 0 Å². The highest BCUT2D eigenvalue weighted by Gasteiger charge is 2.36. The molecule has 1 aromatic heterocycles. The second kappa shape index (κ2) is 13.1. The number of ketones is 1. The van der Waals surface area contributed by atoms with Crippen molar-refractivity contribution in [3.05, 3.63) is 71.1 Å². The quantitative estimate of drug-likeness (QED) is 0.275. The third-order valence-corrected chi connectivity index (χ3v) is 7.93. The summed E-state index contributed by atoms with van der Waals surface area (Å²) >= 11 is 1.32. The van der Waals surface area contributed by atoms with Gasteiger partial charge < -0.3 is 21.3 Å². The summed E-state index contributed by atoms with van der Waals surface area (Å²) in [5.41, 5.74) is 0.140. The molecule has 3 atom stereocenters. The van der Waals surface area contributed by atoms with Crippen molar-refractivity contribution < 1.29 is 24.0 Å². The molecule has 4 N–H and O–H groups in total. The number of benzene rings is 2. The van der Waals surface area contributed by atoms with Crippen LogP contribution in [-0.4, -0.2) is 53.6 Å². The minimum atomic E-state index is -1.24. The zero-order valence-corrected chi connectivity index (χ0v) is 24.3. The van der Waals surface area contributed by atoms with Crippen molar-refractivity contribution in [1.29, 1.82) is 0 Å². The first kappa shape index (κ1) is 29.9. The fourth-order valence-electron chi connectivity index (χ4n) is 4.79. The maximum absolute atomic E-state index is 13.7. The van der Waals surface area contributed by atoms with Crippen LogP contribution >= 0.6 is 11.3 Å². The molecule has 3 aromatic rings. The lowest BCUT2D eigenvalue weighted by Gasteiger charge is -2.28. The van der Waals surface area contributed by atoms with Gasteiger partial charge in [0, 0.05) is 29.1 Å². The Morgan fingerprint density at radius 2 is 1.68 bits per heavy atom. The van der Waals surface area contributed by atoms with Crippen LogP contribution in [0.3, 0.4) is 0 Å². The number of rotatable bonds is 10. The zero-order valence-electron chi connectivity index (χ0n) is 23.5. The van der Waals surface area contributed by atoms with Gasteiger partial charge in [0.1, 0.15) is 6.04 Å².